The maximum absolute atomic E-state index is 14.0. The van der Waals surface area contributed by atoms with E-state index in [0.717, 1.165) is 13.0 Å². The number of carbonyl (C=O) groups excluding carboxylic acids is 1. The summed E-state index contributed by atoms with van der Waals surface area (Å²) in [5, 5.41) is 0. The van der Waals surface area contributed by atoms with Crippen molar-refractivity contribution in [3.63, 3.8) is 0 Å². The summed E-state index contributed by atoms with van der Waals surface area (Å²) >= 11 is -3.10. The van der Waals surface area contributed by atoms with Crippen LogP contribution < -0.4 is 0 Å². The molecule has 2 heterocycles. The molecule has 0 amide bonds. The Balaban J connectivity index is 1.85. The van der Waals surface area contributed by atoms with Crippen LogP contribution in [0.4, 0.5) is 0 Å². The second kappa shape index (κ2) is 11.0. The third kappa shape index (κ3) is 4.01. The molecule has 0 bridgehead atoms. The molecule has 7 heteroatoms. The molecule has 0 saturated carbocycles. The Morgan fingerprint density at radius 3 is 2.17 bits per heavy atom. The number of methoxy groups -OCH3 is 2. The van der Waals surface area contributed by atoms with Gasteiger partial charge in [0.25, 0.3) is 0 Å². The van der Waals surface area contributed by atoms with E-state index in [9.17, 15) is 4.79 Å². The molecule has 5 aliphatic rings. The number of ketones is 1. The Hall–Kier alpha value is -0.831. The van der Waals surface area contributed by atoms with Crippen molar-refractivity contribution in [2.45, 2.75) is 123 Å². The van der Waals surface area contributed by atoms with Crippen molar-refractivity contribution in [2.75, 3.05) is 27.8 Å². The van der Waals surface area contributed by atoms with Crippen LogP contribution in [-0.4, -0.2) is 80.4 Å². The third-order valence-corrected chi connectivity index (χ3v) is 27.3. The fourth-order valence-electron chi connectivity index (χ4n) is 9.60. The molecular weight excluding hydrogens is 609 g/mol. The maximum atomic E-state index is 14.0. The summed E-state index contributed by atoms with van der Waals surface area (Å²) in [6.07, 6.45) is 16.1. The van der Waals surface area contributed by atoms with E-state index in [2.05, 4.69) is 50.9 Å². The summed E-state index contributed by atoms with van der Waals surface area (Å²) in [5.41, 5.74) is -1.29. The summed E-state index contributed by atoms with van der Waals surface area (Å²) in [7, 11) is 5.57. The molecular formula is C33H53NO5Sn. The molecule has 0 radical (unpaired) electrons. The Kier molecular flexibility index (Phi) is 8.44. The second-order valence-corrected chi connectivity index (χ2v) is 26.7. The molecule has 40 heavy (non-hydrogen) atoms. The molecule has 1 spiro atoms. The van der Waals surface area contributed by atoms with Crippen molar-refractivity contribution in [3.8, 4) is 0 Å². The van der Waals surface area contributed by atoms with Gasteiger partial charge in [-0.05, 0) is 0 Å². The van der Waals surface area contributed by atoms with Gasteiger partial charge < -0.3 is 0 Å². The zero-order chi connectivity index (χ0) is 29.0. The minimum absolute atomic E-state index is 0.0609. The molecule has 0 N–H and O–H groups in total. The molecule has 0 aromatic heterocycles. The molecule has 2 unspecified atom stereocenters. The summed E-state index contributed by atoms with van der Waals surface area (Å²) in [6.45, 7) is 12.0. The molecule has 6 nitrogen and oxygen atoms in total. The standard InChI is InChI=1S/C21H26NO5.3C4H9.Sn/c1-18(2)26-14-6-7-19(16(14)27-18)8-9-21-17(25-5)15(24-4)13(23)12-20(19,21)10-11-22(21)3;3*1-3-4-2;/h6-7,9,14,16H,10-12H2,1-5H3;3*1,3-4H2,2H3;/t14?,16?,19-,20-,21+;;;;/m0..../s1. The van der Waals surface area contributed by atoms with Crippen LogP contribution in [0.2, 0.25) is 13.3 Å². The number of ether oxygens (including phenoxy) is 4. The number of Topliss-reactive ketones (excluding diaryl/α,β-unsaturated/α-hetero) is 1. The summed E-state index contributed by atoms with van der Waals surface area (Å²) in [5.74, 6) is 0.511. The van der Waals surface area contributed by atoms with Crippen molar-refractivity contribution in [1.29, 1.82) is 0 Å². The van der Waals surface area contributed by atoms with Gasteiger partial charge in [0.15, 0.2) is 0 Å². The molecule has 224 valence electrons. The van der Waals surface area contributed by atoms with E-state index < -0.39 is 29.7 Å². The quantitative estimate of drug-likeness (QED) is 0.167. The van der Waals surface area contributed by atoms with Gasteiger partial charge in [0.05, 0.1) is 0 Å². The average Bonchev–Trinajstić information content (AvgIpc) is 3.60. The Morgan fingerprint density at radius 1 is 1.00 bits per heavy atom. The molecule has 3 aliphatic carbocycles. The predicted molar refractivity (Wildman–Crippen MR) is 161 cm³/mol. The van der Waals surface area contributed by atoms with Gasteiger partial charge in [-0.1, -0.05) is 0 Å². The van der Waals surface area contributed by atoms with Crippen LogP contribution in [0, 0.1) is 10.8 Å². The number of nitrogens with zero attached hydrogens (tertiary/aromatic N) is 1. The molecule has 2 fully saturated rings. The first-order valence-electron chi connectivity index (χ1n) is 15.9. The number of rotatable bonds is 12. The van der Waals surface area contributed by atoms with Crippen LogP contribution in [0.3, 0.4) is 0 Å². The predicted octanol–water partition coefficient (Wildman–Crippen LogP) is 6.93. The minimum atomic E-state index is -3.10. The van der Waals surface area contributed by atoms with Crippen molar-refractivity contribution in [2.24, 2.45) is 10.8 Å². The van der Waals surface area contributed by atoms with E-state index in [1.807, 2.05) is 13.8 Å². The van der Waals surface area contributed by atoms with Crippen molar-refractivity contribution >= 4 is 24.2 Å². The number of likely N-dealkylation sites (N-methyl/N-ethyl adjacent to an activating group) is 1. The summed E-state index contributed by atoms with van der Waals surface area (Å²) < 4.78 is 31.4. The van der Waals surface area contributed by atoms with Gasteiger partial charge in [0.1, 0.15) is 0 Å². The number of hydrogen-bond acceptors (Lipinski definition) is 6. The van der Waals surface area contributed by atoms with E-state index in [4.69, 9.17) is 18.9 Å². The molecule has 2 saturated heterocycles. The second-order valence-electron chi connectivity index (χ2n) is 13.6. The number of likely N-dealkylation sites (tertiary alicyclic amines) is 1. The summed E-state index contributed by atoms with van der Waals surface area (Å²) in [6, 6.07) is 0. The van der Waals surface area contributed by atoms with Gasteiger partial charge >= 0.3 is 248 Å². The van der Waals surface area contributed by atoms with E-state index in [1.165, 1.54) is 51.8 Å². The Bertz CT molecular complexity index is 1070. The van der Waals surface area contributed by atoms with Crippen LogP contribution in [-0.2, 0) is 23.7 Å². The van der Waals surface area contributed by atoms with Gasteiger partial charge in [-0.15, -0.1) is 0 Å². The van der Waals surface area contributed by atoms with Crippen molar-refractivity contribution in [1.82, 2.24) is 4.90 Å². The summed E-state index contributed by atoms with van der Waals surface area (Å²) in [4.78, 5) is 16.5. The van der Waals surface area contributed by atoms with Crippen LogP contribution in [0.25, 0.3) is 0 Å². The molecule has 0 aromatic rings. The molecule has 5 rings (SSSR count). The van der Waals surface area contributed by atoms with Gasteiger partial charge in [-0.3, -0.25) is 0 Å². The average molecular weight is 663 g/mol. The van der Waals surface area contributed by atoms with Crippen LogP contribution in [0.1, 0.15) is 86.0 Å². The van der Waals surface area contributed by atoms with E-state index in [-0.39, 0.29) is 28.8 Å². The van der Waals surface area contributed by atoms with Crippen LogP contribution in [0.5, 0.6) is 0 Å². The van der Waals surface area contributed by atoms with Crippen LogP contribution >= 0.6 is 0 Å². The van der Waals surface area contributed by atoms with E-state index in [1.54, 1.807) is 17.8 Å². The molecule has 2 aliphatic heterocycles. The first kappa shape index (κ1) is 30.6. The monoisotopic (exact) mass is 663 g/mol. The van der Waals surface area contributed by atoms with Gasteiger partial charge in [0.2, 0.25) is 0 Å². The van der Waals surface area contributed by atoms with E-state index in [0.29, 0.717) is 17.9 Å². The SMILES string of the molecule is CCC[CH2][Sn]([CH2]CCC)([CH2]CCC)[C]1=C[C@@]23C(OC)=C(OC)C(=O)C[C@@]2(CCN3C)[C@@]12C=CC1OC(C)(C)OC12. The third-order valence-electron chi connectivity index (χ3n) is 11.2. The van der Waals surface area contributed by atoms with Crippen molar-refractivity contribution in [3.05, 3.63) is 33.3 Å². The topological polar surface area (TPSA) is 57.2 Å². The van der Waals surface area contributed by atoms with Crippen LogP contribution in [0.15, 0.2) is 33.3 Å². The Morgan fingerprint density at radius 2 is 1.62 bits per heavy atom. The first-order valence-corrected chi connectivity index (χ1v) is 23.4. The molecule has 0 aromatic carbocycles. The van der Waals surface area contributed by atoms with Gasteiger partial charge in [-0.2, -0.15) is 0 Å². The zero-order valence-corrected chi connectivity index (χ0v) is 29.2. The van der Waals surface area contributed by atoms with Gasteiger partial charge in [-0.25, -0.2) is 0 Å². The fraction of sp³-hybridized carbons (Fsp3) is 0.788. The number of carbonyl (C=O) groups is 1. The van der Waals surface area contributed by atoms with Crippen molar-refractivity contribution < 1.29 is 23.7 Å². The zero-order valence-electron chi connectivity index (χ0n) is 26.4. The number of fused-ring (bicyclic) bond motifs is 2. The number of unbranched alkanes of at least 4 members (excludes halogenated alkanes) is 3. The van der Waals surface area contributed by atoms with E-state index >= 15 is 0 Å². The van der Waals surface area contributed by atoms with Gasteiger partial charge in [0, 0.05) is 0 Å². The normalized spacial score (nSPS) is 36.3. The first-order chi connectivity index (χ1) is 19.1. The Labute approximate surface area is 246 Å². The molecule has 5 atom stereocenters. The number of hydrogen-bond donors (Lipinski definition) is 0. The number of allylic oxidation sites excluding steroid dienone is 1. The fourth-order valence-corrected chi connectivity index (χ4v) is 28.2.